The van der Waals surface area contributed by atoms with Crippen molar-refractivity contribution < 1.29 is 4.39 Å². The van der Waals surface area contributed by atoms with E-state index in [1.54, 1.807) is 0 Å². The number of nitrogens with zero attached hydrogens (tertiary/aromatic N) is 2. The lowest BCUT2D eigenvalue weighted by Crippen LogP contribution is -1.91. The van der Waals surface area contributed by atoms with Crippen molar-refractivity contribution in [3.8, 4) is 0 Å². The largest absolute Gasteiger partial charge is 0.290 e. The molecule has 0 amide bonds. The Morgan fingerprint density at radius 1 is 1.43 bits per heavy atom. The van der Waals surface area contributed by atoms with Gasteiger partial charge in [0.25, 0.3) is 0 Å². The molecule has 14 heavy (non-hydrogen) atoms. The molecule has 3 nitrogen and oxygen atoms in total. The molecule has 0 saturated carbocycles. The molecule has 74 valence electrons. The molecule has 0 unspecified atom stereocenters. The molecule has 0 atom stereocenters. The molecule has 4 heteroatoms. The number of nitroso groups, excluding NO2 is 1. The van der Waals surface area contributed by atoms with E-state index >= 15 is 0 Å². The van der Waals surface area contributed by atoms with Crippen LogP contribution in [0.1, 0.15) is 19.4 Å². The van der Waals surface area contributed by atoms with E-state index in [0.29, 0.717) is 5.56 Å². The van der Waals surface area contributed by atoms with E-state index in [2.05, 4.69) is 10.2 Å². The van der Waals surface area contributed by atoms with Crippen LogP contribution in [0, 0.1) is 10.7 Å². The van der Waals surface area contributed by atoms with Crippen LogP contribution in [0.3, 0.4) is 0 Å². The van der Waals surface area contributed by atoms with Gasteiger partial charge in [-0.3, -0.25) is 4.99 Å². The zero-order chi connectivity index (χ0) is 10.6. The van der Waals surface area contributed by atoms with Crippen LogP contribution in [-0.2, 0) is 0 Å². The molecule has 0 saturated heterocycles. The second-order valence-corrected chi connectivity index (χ2v) is 3.17. The lowest BCUT2D eigenvalue weighted by atomic mass is 10.2. The van der Waals surface area contributed by atoms with Gasteiger partial charge < -0.3 is 0 Å². The molecular weight excluding hydrogens is 183 g/mol. The fraction of sp³-hybridized carbons (Fsp3) is 0.300. The van der Waals surface area contributed by atoms with Crippen LogP contribution in [0.5, 0.6) is 0 Å². The zero-order valence-electron chi connectivity index (χ0n) is 8.07. The van der Waals surface area contributed by atoms with Crippen LogP contribution in [0.15, 0.2) is 28.4 Å². The summed E-state index contributed by atoms with van der Waals surface area (Å²) in [6, 6.07) is 3.88. The summed E-state index contributed by atoms with van der Waals surface area (Å²) in [5.41, 5.74) is 0.615. The lowest BCUT2D eigenvalue weighted by Gasteiger charge is -1.98. The lowest BCUT2D eigenvalue weighted by molar-refractivity contribution is 0.627. The van der Waals surface area contributed by atoms with Crippen LogP contribution < -0.4 is 0 Å². The Morgan fingerprint density at radius 2 is 2.14 bits per heavy atom. The van der Waals surface area contributed by atoms with Gasteiger partial charge in [0.1, 0.15) is 11.5 Å². The van der Waals surface area contributed by atoms with E-state index in [-0.39, 0.29) is 11.7 Å². The van der Waals surface area contributed by atoms with Gasteiger partial charge in [-0.1, -0.05) is 0 Å². The normalized spacial score (nSPS) is 11.1. The van der Waals surface area contributed by atoms with Crippen LogP contribution in [0.4, 0.5) is 10.1 Å². The van der Waals surface area contributed by atoms with E-state index in [9.17, 15) is 9.30 Å². The molecule has 0 aliphatic carbocycles. The number of hydrogen-bond acceptors (Lipinski definition) is 3. The average molecular weight is 194 g/mol. The molecular formula is C10H11FN2O. The fourth-order valence-corrected chi connectivity index (χ4v) is 0.941. The Balaban J connectivity index is 3.04. The van der Waals surface area contributed by atoms with E-state index in [1.165, 1.54) is 24.4 Å². The maximum absolute atomic E-state index is 12.8. The third-order valence-electron chi connectivity index (χ3n) is 1.60. The van der Waals surface area contributed by atoms with Gasteiger partial charge in [0.15, 0.2) is 0 Å². The molecule has 0 radical (unpaired) electrons. The Labute approximate surface area is 81.6 Å². The zero-order valence-corrected chi connectivity index (χ0v) is 8.07. The monoisotopic (exact) mass is 194 g/mol. The van der Waals surface area contributed by atoms with E-state index in [1.807, 2.05) is 13.8 Å². The van der Waals surface area contributed by atoms with E-state index < -0.39 is 5.82 Å². The number of hydrogen-bond donors (Lipinski definition) is 0. The Kier molecular flexibility index (Phi) is 3.45. The molecule has 0 fully saturated rings. The average Bonchev–Trinajstić information content (AvgIpc) is 2.15. The third kappa shape index (κ3) is 2.73. The first-order valence-corrected chi connectivity index (χ1v) is 4.29. The van der Waals surface area contributed by atoms with Crippen molar-refractivity contribution in [2.24, 2.45) is 10.2 Å². The molecule has 0 aromatic heterocycles. The van der Waals surface area contributed by atoms with Crippen LogP contribution in [0.25, 0.3) is 0 Å². The highest BCUT2D eigenvalue weighted by molar-refractivity contribution is 5.86. The van der Waals surface area contributed by atoms with Crippen molar-refractivity contribution in [1.82, 2.24) is 0 Å². The molecule has 0 bridgehead atoms. The van der Waals surface area contributed by atoms with Crippen molar-refractivity contribution in [2.75, 3.05) is 0 Å². The van der Waals surface area contributed by atoms with Crippen molar-refractivity contribution in [3.05, 3.63) is 34.5 Å². The molecule has 1 aromatic rings. The number of aliphatic imine (C=N–C) groups is 1. The van der Waals surface area contributed by atoms with E-state index in [4.69, 9.17) is 0 Å². The molecule has 0 aliphatic heterocycles. The van der Waals surface area contributed by atoms with Gasteiger partial charge in [-0.25, -0.2) is 4.39 Å². The molecule has 1 aromatic carbocycles. The summed E-state index contributed by atoms with van der Waals surface area (Å²) in [4.78, 5) is 14.4. The quantitative estimate of drug-likeness (QED) is 0.538. The SMILES string of the molecule is CC(C)N=Cc1cc(F)ccc1N=O. The Morgan fingerprint density at radius 3 is 2.71 bits per heavy atom. The predicted octanol–water partition coefficient (Wildman–Crippen LogP) is 3.05. The summed E-state index contributed by atoms with van der Waals surface area (Å²) in [5, 5.41) is 2.78. The Bertz CT molecular complexity index is 361. The maximum Gasteiger partial charge on any atom is 0.124 e. The minimum absolute atomic E-state index is 0.109. The Hall–Kier alpha value is -1.58. The van der Waals surface area contributed by atoms with E-state index in [0.717, 1.165) is 0 Å². The molecule has 0 heterocycles. The summed E-state index contributed by atoms with van der Waals surface area (Å²) in [7, 11) is 0. The second kappa shape index (κ2) is 4.60. The number of rotatable bonds is 3. The third-order valence-corrected chi connectivity index (χ3v) is 1.60. The predicted molar refractivity (Wildman–Crippen MR) is 54.6 cm³/mol. The first-order valence-electron chi connectivity index (χ1n) is 4.29. The topological polar surface area (TPSA) is 41.8 Å². The van der Waals surface area contributed by atoms with Crippen LogP contribution >= 0.6 is 0 Å². The summed E-state index contributed by atoms with van der Waals surface area (Å²) >= 11 is 0. The standard InChI is InChI=1S/C10H11FN2O/c1-7(2)12-6-8-5-9(11)3-4-10(8)13-14/h3-7H,1-2H3. The van der Waals surface area contributed by atoms with Gasteiger partial charge in [0, 0.05) is 17.8 Å². The summed E-state index contributed by atoms with van der Waals surface area (Å²) < 4.78 is 12.8. The maximum atomic E-state index is 12.8. The highest BCUT2D eigenvalue weighted by Gasteiger charge is 2.01. The van der Waals surface area contributed by atoms with Gasteiger partial charge in [0.05, 0.1) is 0 Å². The van der Waals surface area contributed by atoms with Crippen molar-refractivity contribution in [3.63, 3.8) is 0 Å². The molecule has 1 rings (SSSR count). The molecule has 0 spiro atoms. The summed E-state index contributed by atoms with van der Waals surface area (Å²) in [6.45, 7) is 3.79. The van der Waals surface area contributed by atoms with Crippen LogP contribution in [-0.4, -0.2) is 12.3 Å². The smallest absolute Gasteiger partial charge is 0.124 e. The van der Waals surface area contributed by atoms with Gasteiger partial charge >= 0.3 is 0 Å². The first kappa shape index (κ1) is 10.5. The second-order valence-electron chi connectivity index (χ2n) is 3.17. The molecule has 0 aliphatic rings. The highest BCUT2D eigenvalue weighted by atomic mass is 19.1. The fourth-order valence-electron chi connectivity index (χ4n) is 0.941. The number of benzene rings is 1. The van der Waals surface area contributed by atoms with Gasteiger partial charge in [-0.05, 0) is 37.2 Å². The highest BCUT2D eigenvalue weighted by Crippen LogP contribution is 2.18. The van der Waals surface area contributed by atoms with Gasteiger partial charge in [-0.15, -0.1) is 4.91 Å². The van der Waals surface area contributed by atoms with Crippen molar-refractivity contribution in [2.45, 2.75) is 19.9 Å². The number of halogens is 1. The minimum Gasteiger partial charge on any atom is -0.290 e. The minimum atomic E-state index is -0.400. The summed E-state index contributed by atoms with van der Waals surface area (Å²) in [6.07, 6.45) is 1.46. The summed E-state index contributed by atoms with van der Waals surface area (Å²) in [5.74, 6) is -0.400. The van der Waals surface area contributed by atoms with Gasteiger partial charge in [0.2, 0.25) is 0 Å². The van der Waals surface area contributed by atoms with Crippen molar-refractivity contribution in [1.29, 1.82) is 0 Å². The van der Waals surface area contributed by atoms with Crippen LogP contribution in [0.2, 0.25) is 0 Å². The first-order chi connectivity index (χ1) is 6.63. The van der Waals surface area contributed by atoms with Gasteiger partial charge in [-0.2, -0.15) is 0 Å². The van der Waals surface area contributed by atoms with Crippen molar-refractivity contribution >= 4 is 11.9 Å². The molecule has 0 N–H and O–H groups in total.